The number of esters is 1. The Balaban J connectivity index is 3.32. The summed E-state index contributed by atoms with van der Waals surface area (Å²) in [7, 11) is 0. The van der Waals surface area contributed by atoms with Gasteiger partial charge in [-0.3, -0.25) is 0 Å². The Morgan fingerprint density at radius 1 is 1.71 bits per heavy atom. The molecule has 0 aliphatic rings. The molecular formula is C10H7BrF2N2O2. The molecular weight excluding hydrogens is 298 g/mol. The first kappa shape index (κ1) is 13.5. The molecule has 0 fully saturated rings. The van der Waals surface area contributed by atoms with Gasteiger partial charge in [0.1, 0.15) is 10.7 Å². The van der Waals surface area contributed by atoms with E-state index < -0.39 is 18.0 Å². The number of carbonyl (C=O) groups excluding carboxylic acids is 1. The molecule has 0 bridgehead atoms. The lowest BCUT2D eigenvalue weighted by Gasteiger charge is -2.07. The molecule has 0 saturated heterocycles. The van der Waals surface area contributed by atoms with Crippen molar-refractivity contribution in [2.45, 2.75) is 13.3 Å². The van der Waals surface area contributed by atoms with Crippen LogP contribution in [0.1, 0.15) is 35.0 Å². The fraction of sp³-hybridized carbons (Fsp3) is 0.300. The SMILES string of the molecule is CCOC(=O)c1cc(C(F)F)c(Br)nc1C#N. The number of pyridine rings is 1. The van der Waals surface area contributed by atoms with Crippen LogP contribution in [0.4, 0.5) is 8.78 Å². The van der Waals surface area contributed by atoms with E-state index in [0.29, 0.717) is 0 Å². The normalized spacial score (nSPS) is 10.1. The van der Waals surface area contributed by atoms with Gasteiger partial charge >= 0.3 is 5.97 Å². The van der Waals surface area contributed by atoms with Crippen LogP contribution in [0, 0.1) is 11.3 Å². The summed E-state index contributed by atoms with van der Waals surface area (Å²) in [4.78, 5) is 15.0. The fourth-order valence-corrected chi connectivity index (χ4v) is 1.57. The molecule has 90 valence electrons. The number of alkyl halides is 2. The molecule has 1 aromatic heterocycles. The molecule has 0 aliphatic heterocycles. The summed E-state index contributed by atoms with van der Waals surface area (Å²) in [5.41, 5.74) is -0.959. The van der Waals surface area contributed by atoms with Gasteiger partial charge in [-0.15, -0.1) is 0 Å². The summed E-state index contributed by atoms with van der Waals surface area (Å²) in [6.45, 7) is 1.66. The number of nitrogens with zero attached hydrogens (tertiary/aromatic N) is 2. The minimum absolute atomic E-state index is 0.0871. The summed E-state index contributed by atoms with van der Waals surface area (Å²) >= 11 is 2.82. The minimum Gasteiger partial charge on any atom is -0.462 e. The molecule has 0 N–H and O–H groups in total. The third kappa shape index (κ3) is 2.97. The lowest BCUT2D eigenvalue weighted by molar-refractivity contribution is 0.0525. The van der Waals surface area contributed by atoms with Crippen LogP contribution >= 0.6 is 15.9 Å². The summed E-state index contributed by atoms with van der Waals surface area (Å²) in [6.07, 6.45) is -2.79. The van der Waals surface area contributed by atoms with E-state index in [1.807, 2.05) is 0 Å². The minimum atomic E-state index is -2.79. The van der Waals surface area contributed by atoms with Gasteiger partial charge < -0.3 is 4.74 Å². The average molecular weight is 305 g/mol. The predicted octanol–water partition coefficient (Wildman–Crippen LogP) is 2.83. The van der Waals surface area contributed by atoms with Crippen LogP contribution < -0.4 is 0 Å². The van der Waals surface area contributed by atoms with Gasteiger partial charge in [-0.2, -0.15) is 5.26 Å². The third-order valence-corrected chi connectivity index (χ3v) is 2.47. The number of rotatable bonds is 3. The second-order valence-corrected chi connectivity index (χ2v) is 3.65. The molecule has 1 heterocycles. The van der Waals surface area contributed by atoms with E-state index in [1.165, 1.54) is 0 Å². The Morgan fingerprint density at radius 2 is 2.35 bits per heavy atom. The highest BCUT2D eigenvalue weighted by Gasteiger charge is 2.21. The molecule has 17 heavy (non-hydrogen) atoms. The zero-order valence-electron chi connectivity index (χ0n) is 8.71. The number of aromatic nitrogens is 1. The van der Waals surface area contributed by atoms with Gasteiger partial charge in [0, 0.05) is 0 Å². The van der Waals surface area contributed by atoms with Crippen molar-refractivity contribution < 1.29 is 18.3 Å². The van der Waals surface area contributed by atoms with Gasteiger partial charge in [-0.25, -0.2) is 18.6 Å². The highest BCUT2D eigenvalue weighted by atomic mass is 79.9. The van der Waals surface area contributed by atoms with Crippen LogP contribution in [0.2, 0.25) is 0 Å². The molecule has 0 aromatic carbocycles. The zero-order valence-corrected chi connectivity index (χ0v) is 10.3. The number of carbonyl (C=O) groups is 1. The van der Waals surface area contributed by atoms with Gasteiger partial charge in [0.05, 0.1) is 17.7 Å². The van der Waals surface area contributed by atoms with Gasteiger partial charge in [-0.1, -0.05) is 0 Å². The number of hydrogen-bond donors (Lipinski definition) is 0. The monoisotopic (exact) mass is 304 g/mol. The van der Waals surface area contributed by atoms with Crippen molar-refractivity contribution in [3.05, 3.63) is 27.5 Å². The van der Waals surface area contributed by atoms with Crippen molar-refractivity contribution in [2.24, 2.45) is 0 Å². The van der Waals surface area contributed by atoms with E-state index in [4.69, 9.17) is 5.26 Å². The van der Waals surface area contributed by atoms with Crippen LogP contribution in [0.5, 0.6) is 0 Å². The molecule has 0 spiro atoms. The number of hydrogen-bond acceptors (Lipinski definition) is 4. The lowest BCUT2D eigenvalue weighted by Crippen LogP contribution is -2.10. The van der Waals surface area contributed by atoms with Gasteiger partial charge in [0.15, 0.2) is 5.69 Å². The molecule has 1 aromatic rings. The van der Waals surface area contributed by atoms with Crippen molar-refractivity contribution in [1.29, 1.82) is 5.26 Å². The lowest BCUT2D eigenvalue weighted by atomic mass is 10.1. The Kier molecular flexibility index (Phi) is 4.52. The van der Waals surface area contributed by atoms with E-state index in [-0.39, 0.29) is 22.5 Å². The summed E-state index contributed by atoms with van der Waals surface area (Å²) < 4.78 is 29.7. The van der Waals surface area contributed by atoms with Crippen LogP contribution in [0.15, 0.2) is 10.7 Å². The summed E-state index contributed by atoms with van der Waals surface area (Å²) in [6, 6.07) is 2.57. The maximum Gasteiger partial charge on any atom is 0.341 e. The van der Waals surface area contributed by atoms with E-state index in [0.717, 1.165) is 6.07 Å². The topological polar surface area (TPSA) is 63.0 Å². The van der Waals surface area contributed by atoms with Crippen molar-refractivity contribution in [3.63, 3.8) is 0 Å². The second-order valence-electron chi connectivity index (χ2n) is 2.90. The largest absolute Gasteiger partial charge is 0.462 e. The zero-order chi connectivity index (χ0) is 13.0. The Morgan fingerprint density at radius 3 is 2.82 bits per heavy atom. The quantitative estimate of drug-likeness (QED) is 0.636. The van der Waals surface area contributed by atoms with Gasteiger partial charge in [-0.05, 0) is 28.9 Å². The standard InChI is InChI=1S/C10H7BrF2N2O2/c1-2-17-10(16)5-3-6(9(12)13)8(11)15-7(5)4-14/h3,9H,2H2,1H3. The number of ether oxygens (including phenoxy) is 1. The molecule has 4 nitrogen and oxygen atoms in total. The molecule has 0 radical (unpaired) electrons. The van der Waals surface area contributed by atoms with E-state index in [2.05, 4.69) is 25.7 Å². The van der Waals surface area contributed by atoms with Crippen molar-refractivity contribution in [3.8, 4) is 6.07 Å². The van der Waals surface area contributed by atoms with E-state index in [9.17, 15) is 13.6 Å². The van der Waals surface area contributed by atoms with E-state index >= 15 is 0 Å². The van der Waals surface area contributed by atoms with Crippen molar-refractivity contribution in [2.75, 3.05) is 6.61 Å². The highest BCUT2D eigenvalue weighted by Crippen LogP contribution is 2.28. The predicted molar refractivity (Wildman–Crippen MR) is 57.6 cm³/mol. The highest BCUT2D eigenvalue weighted by molar-refractivity contribution is 9.10. The van der Waals surface area contributed by atoms with Crippen molar-refractivity contribution in [1.82, 2.24) is 4.98 Å². The molecule has 0 amide bonds. The molecule has 0 atom stereocenters. The molecule has 0 saturated carbocycles. The average Bonchev–Trinajstić information content (AvgIpc) is 2.28. The smallest absolute Gasteiger partial charge is 0.341 e. The molecule has 0 aliphatic carbocycles. The van der Waals surface area contributed by atoms with Gasteiger partial charge in [0.2, 0.25) is 0 Å². The van der Waals surface area contributed by atoms with E-state index in [1.54, 1.807) is 13.0 Å². The Bertz CT molecular complexity index is 486. The fourth-order valence-electron chi connectivity index (χ4n) is 1.11. The Hall–Kier alpha value is -1.55. The van der Waals surface area contributed by atoms with Gasteiger partial charge in [0.25, 0.3) is 6.43 Å². The maximum absolute atomic E-state index is 12.6. The first-order chi connectivity index (χ1) is 8.01. The molecule has 0 unspecified atom stereocenters. The van der Waals surface area contributed by atoms with Crippen LogP contribution in [-0.4, -0.2) is 17.6 Å². The number of nitriles is 1. The summed E-state index contributed by atoms with van der Waals surface area (Å²) in [5.74, 6) is -0.842. The molecule has 1 rings (SSSR count). The van der Waals surface area contributed by atoms with Crippen LogP contribution in [-0.2, 0) is 4.74 Å². The number of halogens is 3. The first-order valence-electron chi connectivity index (χ1n) is 4.57. The summed E-state index contributed by atoms with van der Waals surface area (Å²) in [5, 5.41) is 8.76. The van der Waals surface area contributed by atoms with Crippen LogP contribution in [0.3, 0.4) is 0 Å². The molecule has 7 heteroatoms. The maximum atomic E-state index is 12.6. The first-order valence-corrected chi connectivity index (χ1v) is 5.36. The second kappa shape index (κ2) is 5.68. The van der Waals surface area contributed by atoms with Crippen LogP contribution in [0.25, 0.3) is 0 Å². The Labute approximate surface area is 104 Å². The third-order valence-electron chi connectivity index (χ3n) is 1.84. The van der Waals surface area contributed by atoms with Crippen molar-refractivity contribution >= 4 is 21.9 Å².